The van der Waals surface area contributed by atoms with E-state index in [0.29, 0.717) is 29.5 Å². The van der Waals surface area contributed by atoms with E-state index in [1.54, 1.807) is 0 Å². The Labute approximate surface area is 260 Å². The van der Waals surface area contributed by atoms with Crippen LogP contribution in [-0.4, -0.2) is 69.6 Å². The number of amides is 2. The molecule has 1 N–H and O–H groups in total. The van der Waals surface area contributed by atoms with E-state index in [9.17, 15) is 32.7 Å². The van der Waals surface area contributed by atoms with E-state index in [4.69, 9.17) is 4.74 Å². The normalized spacial score (nSPS) is 20.4. The Balaban J connectivity index is 1.61. The molecule has 10 heteroatoms. The van der Waals surface area contributed by atoms with Gasteiger partial charge in [0.25, 0.3) is 0 Å². The van der Waals surface area contributed by atoms with E-state index in [-0.39, 0.29) is 25.9 Å². The third kappa shape index (κ3) is 6.76. The minimum Gasteiger partial charge on any atom is -0.480 e. The van der Waals surface area contributed by atoms with Crippen LogP contribution in [-0.2, 0) is 24.5 Å². The highest BCUT2D eigenvalue weighted by Crippen LogP contribution is 2.44. The first kappa shape index (κ1) is 32.2. The molecule has 0 aromatic heterocycles. The first-order chi connectivity index (χ1) is 21.3. The van der Waals surface area contributed by atoms with Gasteiger partial charge in [-0.25, -0.2) is 18.0 Å². The number of carbonyl (C=O) groups is 3. The third-order valence-corrected chi connectivity index (χ3v) is 8.64. The molecule has 0 bridgehead atoms. The van der Waals surface area contributed by atoms with Crippen molar-refractivity contribution in [3.63, 3.8) is 0 Å². The summed E-state index contributed by atoms with van der Waals surface area (Å²) in [6, 6.07) is 14.8. The van der Waals surface area contributed by atoms with Crippen LogP contribution in [0.3, 0.4) is 0 Å². The Morgan fingerprint density at radius 1 is 0.778 bits per heavy atom. The minimum atomic E-state index is -1.33. The summed E-state index contributed by atoms with van der Waals surface area (Å²) in [5, 5.41) is 9.77. The fourth-order valence-corrected chi connectivity index (χ4v) is 6.71. The number of carbonyl (C=O) groups excluding carboxylic acids is 2. The zero-order valence-electron chi connectivity index (χ0n) is 25.5. The summed E-state index contributed by atoms with van der Waals surface area (Å²) < 4.78 is 48.7. The Kier molecular flexibility index (Phi) is 9.07. The second-order valence-corrected chi connectivity index (χ2v) is 12.8. The molecule has 0 spiro atoms. The molecular weight excluding hydrogens is 585 g/mol. The monoisotopic (exact) mass is 622 g/mol. The van der Waals surface area contributed by atoms with Gasteiger partial charge in [0.15, 0.2) is 0 Å². The predicted octanol–water partition coefficient (Wildman–Crippen LogP) is 5.69. The number of carboxylic acid groups (broad SMARTS) is 1. The lowest BCUT2D eigenvalue weighted by atomic mass is 9.67. The minimum absolute atomic E-state index is 0.0877. The molecule has 2 amide bonds. The third-order valence-electron chi connectivity index (χ3n) is 8.64. The lowest BCUT2D eigenvalue weighted by Gasteiger charge is -2.38. The number of halogens is 3. The van der Waals surface area contributed by atoms with Gasteiger partial charge in [-0.15, -0.1) is 0 Å². The fraction of sp³-hybridized carbons (Fsp3) is 0.400. The summed E-state index contributed by atoms with van der Waals surface area (Å²) in [6.07, 6.45) is 0.275. The Morgan fingerprint density at radius 2 is 1.24 bits per heavy atom. The van der Waals surface area contributed by atoms with Crippen molar-refractivity contribution in [3.05, 3.63) is 107 Å². The molecule has 0 saturated carbocycles. The maximum absolute atomic E-state index is 14.6. The van der Waals surface area contributed by atoms with Crippen LogP contribution >= 0.6 is 0 Å². The average molecular weight is 623 g/mol. The smallest absolute Gasteiger partial charge is 0.326 e. The molecule has 2 aliphatic heterocycles. The molecule has 0 unspecified atom stereocenters. The van der Waals surface area contributed by atoms with Crippen molar-refractivity contribution in [2.45, 2.75) is 75.7 Å². The standard InChI is InChI=1S/C35H37F3N2O5/c1-34(2,3)45-28-19-30(32(42)39-18-4-5-29(39)33(43)44)40(21-28)31(41)20-35(22-6-12-25(36)13-7-22,23-8-14-26(37)15-9-23)24-10-16-27(38)17-11-24/h6-17,28-30H,4-5,18-21H2,1-3H3,(H,43,44)/t28-,29-,30+/m1/s1. The molecule has 7 nitrogen and oxygen atoms in total. The number of rotatable bonds is 8. The van der Waals surface area contributed by atoms with Crippen LogP contribution in [0.5, 0.6) is 0 Å². The number of nitrogens with zero attached hydrogens (tertiary/aromatic N) is 2. The van der Waals surface area contributed by atoms with Crippen LogP contribution in [0, 0.1) is 17.5 Å². The number of hydrogen-bond acceptors (Lipinski definition) is 4. The predicted molar refractivity (Wildman–Crippen MR) is 161 cm³/mol. The van der Waals surface area contributed by atoms with Crippen LogP contribution in [0.1, 0.15) is 63.1 Å². The number of ether oxygens (including phenoxy) is 1. The van der Waals surface area contributed by atoms with Gasteiger partial charge in [0.1, 0.15) is 29.5 Å². The number of benzene rings is 3. The lowest BCUT2D eigenvalue weighted by molar-refractivity contribution is -0.151. The molecule has 0 radical (unpaired) electrons. The molecule has 3 atom stereocenters. The van der Waals surface area contributed by atoms with E-state index in [0.717, 1.165) is 0 Å². The van der Waals surface area contributed by atoms with E-state index >= 15 is 0 Å². The van der Waals surface area contributed by atoms with Gasteiger partial charge in [-0.3, -0.25) is 9.59 Å². The molecule has 3 aromatic rings. The van der Waals surface area contributed by atoms with Crippen molar-refractivity contribution >= 4 is 17.8 Å². The van der Waals surface area contributed by atoms with Gasteiger partial charge in [0.05, 0.1) is 17.1 Å². The number of aliphatic carboxylic acids is 1. The van der Waals surface area contributed by atoms with Crippen molar-refractivity contribution in [1.82, 2.24) is 9.80 Å². The number of likely N-dealkylation sites (tertiary alicyclic amines) is 2. The summed E-state index contributed by atoms with van der Waals surface area (Å²) in [4.78, 5) is 43.3. The van der Waals surface area contributed by atoms with E-state index in [1.807, 2.05) is 20.8 Å². The van der Waals surface area contributed by atoms with Crippen molar-refractivity contribution in [1.29, 1.82) is 0 Å². The van der Waals surface area contributed by atoms with Crippen LogP contribution < -0.4 is 0 Å². The molecule has 5 rings (SSSR count). The second-order valence-electron chi connectivity index (χ2n) is 12.8. The second kappa shape index (κ2) is 12.7. The Morgan fingerprint density at radius 3 is 1.67 bits per heavy atom. The molecule has 0 aliphatic carbocycles. The van der Waals surface area contributed by atoms with Gasteiger partial charge in [0.2, 0.25) is 11.8 Å². The van der Waals surface area contributed by atoms with Crippen LogP contribution in [0.25, 0.3) is 0 Å². The summed E-state index contributed by atoms with van der Waals surface area (Å²) in [7, 11) is 0. The quantitative estimate of drug-likeness (QED) is 0.327. The van der Waals surface area contributed by atoms with E-state index < -0.39 is 64.4 Å². The van der Waals surface area contributed by atoms with E-state index in [1.165, 1.54) is 82.6 Å². The van der Waals surface area contributed by atoms with Gasteiger partial charge in [-0.1, -0.05) is 36.4 Å². The summed E-state index contributed by atoms with van der Waals surface area (Å²) >= 11 is 0. The van der Waals surface area contributed by atoms with Crippen molar-refractivity contribution in [2.75, 3.05) is 13.1 Å². The van der Waals surface area contributed by atoms with Crippen LogP contribution in [0.2, 0.25) is 0 Å². The Hall–Kier alpha value is -4.18. The molecule has 2 heterocycles. The molecular formula is C35H37F3N2O5. The highest BCUT2D eigenvalue weighted by molar-refractivity contribution is 5.92. The maximum Gasteiger partial charge on any atom is 0.326 e. The largest absolute Gasteiger partial charge is 0.480 e. The molecule has 2 saturated heterocycles. The van der Waals surface area contributed by atoms with Gasteiger partial charge < -0.3 is 19.6 Å². The molecule has 2 aliphatic rings. The number of hydrogen-bond donors (Lipinski definition) is 1. The first-order valence-corrected chi connectivity index (χ1v) is 15.1. The summed E-state index contributed by atoms with van der Waals surface area (Å²) in [5.74, 6) is -3.49. The maximum atomic E-state index is 14.6. The van der Waals surface area contributed by atoms with Gasteiger partial charge in [0, 0.05) is 25.9 Å². The topological polar surface area (TPSA) is 87.2 Å². The zero-order valence-corrected chi connectivity index (χ0v) is 25.5. The summed E-state index contributed by atoms with van der Waals surface area (Å²) in [5.41, 5.74) is -0.393. The van der Waals surface area contributed by atoms with Gasteiger partial charge >= 0.3 is 5.97 Å². The van der Waals surface area contributed by atoms with Crippen LogP contribution in [0.4, 0.5) is 13.2 Å². The zero-order chi connectivity index (χ0) is 32.5. The first-order valence-electron chi connectivity index (χ1n) is 15.1. The van der Waals surface area contributed by atoms with Crippen LogP contribution in [0.15, 0.2) is 72.8 Å². The molecule has 45 heavy (non-hydrogen) atoms. The lowest BCUT2D eigenvalue weighted by Crippen LogP contribution is -2.51. The van der Waals surface area contributed by atoms with Gasteiger partial charge in [-0.05, 0) is 86.7 Å². The molecule has 3 aromatic carbocycles. The SMILES string of the molecule is CC(C)(C)O[C@@H]1C[C@@H](C(=O)N2CCC[C@@H]2C(=O)O)N(C(=O)CC(c2ccc(F)cc2)(c2ccc(F)cc2)c2ccc(F)cc2)C1. The highest BCUT2D eigenvalue weighted by Gasteiger charge is 2.48. The average Bonchev–Trinajstić information content (AvgIpc) is 3.64. The van der Waals surface area contributed by atoms with Crippen molar-refractivity contribution in [3.8, 4) is 0 Å². The Bertz CT molecular complexity index is 1430. The molecule has 2 fully saturated rings. The van der Waals surface area contributed by atoms with E-state index in [2.05, 4.69) is 0 Å². The van der Waals surface area contributed by atoms with Crippen molar-refractivity contribution < 1.29 is 37.4 Å². The number of carboxylic acids is 1. The summed E-state index contributed by atoms with van der Waals surface area (Å²) in [6.45, 7) is 5.97. The molecule has 238 valence electrons. The highest BCUT2D eigenvalue weighted by atomic mass is 19.1. The fourth-order valence-electron chi connectivity index (χ4n) is 6.71. The van der Waals surface area contributed by atoms with Crippen molar-refractivity contribution in [2.24, 2.45) is 0 Å². The van der Waals surface area contributed by atoms with Gasteiger partial charge in [-0.2, -0.15) is 0 Å².